The first-order valence-electron chi connectivity index (χ1n) is 7.70. The Balaban J connectivity index is 0.000000411. The van der Waals surface area contributed by atoms with Crippen LogP contribution in [0.5, 0.6) is 0 Å². The summed E-state index contributed by atoms with van der Waals surface area (Å²) in [4.78, 5) is 10.1. The van der Waals surface area contributed by atoms with Gasteiger partial charge in [-0.3, -0.25) is 4.79 Å². The van der Waals surface area contributed by atoms with Crippen LogP contribution >= 0.6 is 0 Å². The van der Waals surface area contributed by atoms with E-state index < -0.39 is 0 Å². The molecule has 2 atom stereocenters. The number of hydrogen-bond donors (Lipinski definition) is 1. The Morgan fingerprint density at radius 2 is 1.94 bits per heavy atom. The maximum Gasteiger partial charge on any atom is 0.132 e. The van der Waals surface area contributed by atoms with Gasteiger partial charge in [-0.2, -0.15) is 0 Å². The molecule has 1 aliphatic rings. The lowest BCUT2D eigenvalue weighted by atomic mass is 9.84. The summed E-state index contributed by atoms with van der Waals surface area (Å²) in [5.41, 5.74) is 0. The molecule has 1 fully saturated rings. The van der Waals surface area contributed by atoms with Crippen molar-refractivity contribution in [3.63, 3.8) is 0 Å². The van der Waals surface area contributed by atoms with Crippen molar-refractivity contribution >= 4 is 5.78 Å². The smallest absolute Gasteiger partial charge is 0.132 e. The number of nitrogens with one attached hydrogen (secondary N) is 1. The first-order chi connectivity index (χ1) is 8.49. The Hall–Kier alpha value is -0.370. The van der Waals surface area contributed by atoms with E-state index in [-0.39, 0.29) is 11.7 Å². The molecule has 1 heterocycles. The number of unbranched alkanes of at least 4 members (excludes halogenated alkanes) is 2. The Labute approximate surface area is 114 Å². The van der Waals surface area contributed by atoms with Crippen LogP contribution in [0.25, 0.3) is 0 Å². The van der Waals surface area contributed by atoms with Gasteiger partial charge >= 0.3 is 0 Å². The van der Waals surface area contributed by atoms with Crippen LogP contribution in [0, 0.1) is 17.8 Å². The summed E-state index contributed by atoms with van der Waals surface area (Å²) < 4.78 is 0. The van der Waals surface area contributed by atoms with Crippen LogP contribution in [0.1, 0.15) is 66.7 Å². The number of ketones is 1. The van der Waals surface area contributed by atoms with Crippen molar-refractivity contribution in [3.8, 4) is 0 Å². The van der Waals surface area contributed by atoms with E-state index in [1.54, 1.807) is 6.92 Å². The molecule has 0 aromatic rings. The van der Waals surface area contributed by atoms with Crippen LogP contribution < -0.4 is 5.32 Å². The van der Waals surface area contributed by atoms with Gasteiger partial charge in [0.2, 0.25) is 0 Å². The number of rotatable bonds is 5. The van der Waals surface area contributed by atoms with E-state index in [1.807, 2.05) is 13.8 Å². The molecule has 2 heteroatoms. The van der Waals surface area contributed by atoms with Gasteiger partial charge in [0.1, 0.15) is 5.78 Å². The van der Waals surface area contributed by atoms with Gasteiger partial charge < -0.3 is 5.32 Å². The maximum atomic E-state index is 10.1. The van der Waals surface area contributed by atoms with E-state index >= 15 is 0 Å². The van der Waals surface area contributed by atoms with Gasteiger partial charge in [0.05, 0.1) is 0 Å². The van der Waals surface area contributed by atoms with Gasteiger partial charge in [0, 0.05) is 5.92 Å². The van der Waals surface area contributed by atoms with E-state index in [0.717, 1.165) is 11.8 Å². The third-order valence-corrected chi connectivity index (χ3v) is 3.98. The number of Topliss-reactive ketones (excluding diaryl/α,β-unsaturated/α-hetero) is 1. The summed E-state index contributed by atoms with van der Waals surface area (Å²) >= 11 is 0. The Morgan fingerprint density at radius 3 is 2.39 bits per heavy atom. The highest BCUT2D eigenvalue weighted by Crippen LogP contribution is 2.23. The normalized spacial score (nSPS) is 23.4. The molecule has 2 nitrogen and oxygen atoms in total. The SMILES string of the molecule is CC(=O)C(C)C.CCCCCC1CNCCC1C. The fourth-order valence-corrected chi connectivity index (χ4v) is 2.10. The van der Waals surface area contributed by atoms with E-state index in [0.29, 0.717) is 0 Å². The minimum atomic E-state index is 0.213. The minimum Gasteiger partial charge on any atom is -0.316 e. The van der Waals surface area contributed by atoms with Crippen molar-refractivity contribution in [1.82, 2.24) is 5.32 Å². The molecular weight excluding hydrogens is 222 g/mol. The second kappa shape index (κ2) is 10.5. The zero-order valence-electron chi connectivity index (χ0n) is 13.1. The number of piperidine rings is 1. The fraction of sp³-hybridized carbons (Fsp3) is 0.938. The summed E-state index contributed by atoms with van der Waals surface area (Å²) in [7, 11) is 0. The fourth-order valence-electron chi connectivity index (χ4n) is 2.10. The molecule has 2 unspecified atom stereocenters. The zero-order chi connectivity index (χ0) is 14.0. The van der Waals surface area contributed by atoms with Crippen LogP contribution in [0.15, 0.2) is 0 Å². The molecule has 1 N–H and O–H groups in total. The van der Waals surface area contributed by atoms with Crippen LogP contribution in [0.2, 0.25) is 0 Å². The lowest BCUT2D eigenvalue weighted by Gasteiger charge is -2.29. The average Bonchev–Trinajstić information content (AvgIpc) is 2.32. The average molecular weight is 255 g/mol. The molecule has 18 heavy (non-hydrogen) atoms. The molecule has 0 spiro atoms. The molecule has 0 radical (unpaired) electrons. The molecule has 1 saturated heterocycles. The van der Waals surface area contributed by atoms with E-state index in [4.69, 9.17) is 0 Å². The van der Waals surface area contributed by atoms with Gasteiger partial charge in [-0.1, -0.05) is 47.0 Å². The monoisotopic (exact) mass is 255 g/mol. The van der Waals surface area contributed by atoms with Crippen molar-refractivity contribution in [2.75, 3.05) is 13.1 Å². The highest BCUT2D eigenvalue weighted by atomic mass is 16.1. The van der Waals surface area contributed by atoms with Crippen molar-refractivity contribution in [1.29, 1.82) is 0 Å². The van der Waals surface area contributed by atoms with Crippen LogP contribution in [0.4, 0.5) is 0 Å². The Bertz CT molecular complexity index is 213. The minimum absolute atomic E-state index is 0.213. The lowest BCUT2D eigenvalue weighted by Crippen LogP contribution is -2.35. The third kappa shape index (κ3) is 8.68. The van der Waals surface area contributed by atoms with Gasteiger partial charge in [-0.25, -0.2) is 0 Å². The highest BCUT2D eigenvalue weighted by molar-refractivity contribution is 5.77. The largest absolute Gasteiger partial charge is 0.316 e. The van der Waals surface area contributed by atoms with Crippen LogP contribution in [-0.2, 0) is 4.79 Å². The predicted octanol–water partition coefficient (Wildman–Crippen LogP) is 4.04. The standard InChI is InChI=1S/C11H23N.C5H10O/c1-3-4-5-6-11-9-12-8-7-10(11)2;1-4(2)5(3)6/h10-12H,3-9H2,1-2H3;4H,1-3H3. The summed E-state index contributed by atoms with van der Waals surface area (Å²) in [6.07, 6.45) is 7.05. The highest BCUT2D eigenvalue weighted by Gasteiger charge is 2.19. The summed E-state index contributed by atoms with van der Waals surface area (Å²) in [6.45, 7) is 12.6. The summed E-state index contributed by atoms with van der Waals surface area (Å²) in [5.74, 6) is 2.40. The van der Waals surface area contributed by atoms with Crippen molar-refractivity contribution in [3.05, 3.63) is 0 Å². The maximum absolute atomic E-state index is 10.1. The molecule has 1 rings (SSSR count). The Morgan fingerprint density at radius 1 is 1.33 bits per heavy atom. The molecule has 0 saturated carbocycles. The third-order valence-electron chi connectivity index (χ3n) is 3.98. The zero-order valence-corrected chi connectivity index (χ0v) is 13.1. The molecule has 0 aromatic carbocycles. The first-order valence-corrected chi connectivity index (χ1v) is 7.70. The van der Waals surface area contributed by atoms with Gasteiger partial charge in [-0.15, -0.1) is 0 Å². The van der Waals surface area contributed by atoms with Gasteiger partial charge in [-0.05, 0) is 44.7 Å². The van der Waals surface area contributed by atoms with Crippen LogP contribution in [0.3, 0.4) is 0 Å². The summed E-state index contributed by atoms with van der Waals surface area (Å²) in [5, 5.41) is 3.49. The Kier molecular flexibility index (Phi) is 10.3. The molecule has 0 aromatic heterocycles. The topological polar surface area (TPSA) is 29.1 Å². The molecular formula is C16H33NO. The molecule has 108 valence electrons. The predicted molar refractivity (Wildman–Crippen MR) is 79.8 cm³/mol. The summed E-state index contributed by atoms with van der Waals surface area (Å²) in [6, 6.07) is 0. The van der Waals surface area contributed by atoms with Crippen molar-refractivity contribution in [2.24, 2.45) is 17.8 Å². The van der Waals surface area contributed by atoms with Gasteiger partial charge in [0.25, 0.3) is 0 Å². The number of carbonyl (C=O) groups is 1. The molecule has 0 amide bonds. The first kappa shape index (κ1) is 17.6. The van der Waals surface area contributed by atoms with Crippen molar-refractivity contribution in [2.45, 2.75) is 66.7 Å². The van der Waals surface area contributed by atoms with Crippen molar-refractivity contribution < 1.29 is 4.79 Å². The molecule has 0 bridgehead atoms. The lowest BCUT2D eigenvalue weighted by molar-refractivity contribution is -0.119. The van der Waals surface area contributed by atoms with E-state index in [9.17, 15) is 4.79 Å². The quantitative estimate of drug-likeness (QED) is 0.751. The molecule has 1 aliphatic heterocycles. The molecule has 0 aliphatic carbocycles. The second-order valence-corrected chi connectivity index (χ2v) is 5.99. The van der Waals surface area contributed by atoms with Crippen LogP contribution in [-0.4, -0.2) is 18.9 Å². The van der Waals surface area contributed by atoms with E-state index in [1.165, 1.54) is 45.2 Å². The van der Waals surface area contributed by atoms with E-state index in [2.05, 4.69) is 19.2 Å². The second-order valence-electron chi connectivity index (χ2n) is 5.99. The number of hydrogen-bond acceptors (Lipinski definition) is 2. The number of carbonyl (C=O) groups excluding carboxylic acids is 1. The van der Waals surface area contributed by atoms with Gasteiger partial charge in [0.15, 0.2) is 0 Å².